The molecule has 0 aliphatic carbocycles. The molecule has 1 unspecified atom stereocenters. The number of hydrogen-bond donors (Lipinski definition) is 1. The number of benzene rings is 1. The van der Waals surface area contributed by atoms with Crippen molar-refractivity contribution in [1.29, 1.82) is 0 Å². The molecule has 1 rings (SSSR count). The van der Waals surface area contributed by atoms with E-state index in [9.17, 15) is 0 Å². The number of rotatable bonds is 9. The van der Waals surface area contributed by atoms with Gasteiger partial charge in [0.2, 0.25) is 0 Å². The topological polar surface area (TPSA) is 39.7 Å². The summed E-state index contributed by atoms with van der Waals surface area (Å²) in [5, 5.41) is 3.36. The van der Waals surface area contributed by atoms with Gasteiger partial charge in [-0.25, -0.2) is 0 Å². The van der Waals surface area contributed by atoms with Gasteiger partial charge in [-0.1, -0.05) is 24.3 Å². The molecule has 102 valence electrons. The molecule has 1 N–H and O–H groups in total. The van der Waals surface area contributed by atoms with E-state index in [2.05, 4.69) is 23.5 Å². The van der Waals surface area contributed by atoms with Gasteiger partial charge < -0.3 is 19.5 Å². The van der Waals surface area contributed by atoms with Crippen LogP contribution in [0.3, 0.4) is 0 Å². The van der Waals surface area contributed by atoms with E-state index < -0.39 is 0 Å². The molecule has 0 heterocycles. The molecule has 18 heavy (non-hydrogen) atoms. The van der Waals surface area contributed by atoms with Crippen molar-refractivity contribution < 1.29 is 14.2 Å². The zero-order chi connectivity index (χ0) is 13.2. The SMILES string of the molecule is COCc1cccc(CNCC(COC)OC)c1. The molecule has 0 saturated heterocycles. The lowest BCUT2D eigenvalue weighted by atomic mass is 10.1. The standard InChI is InChI=1S/C14H23NO3/c1-16-10-13-6-4-5-12(7-13)8-15-9-14(18-3)11-17-2/h4-7,14-15H,8-11H2,1-3H3. The van der Waals surface area contributed by atoms with Crippen molar-refractivity contribution in [3.8, 4) is 0 Å². The van der Waals surface area contributed by atoms with Crippen LogP contribution < -0.4 is 5.32 Å². The van der Waals surface area contributed by atoms with Crippen LogP contribution in [0.2, 0.25) is 0 Å². The first kappa shape index (κ1) is 15.1. The highest BCUT2D eigenvalue weighted by Crippen LogP contribution is 2.06. The Balaban J connectivity index is 2.36. The van der Waals surface area contributed by atoms with Gasteiger partial charge in [0.05, 0.1) is 19.3 Å². The molecule has 4 heteroatoms. The van der Waals surface area contributed by atoms with Crippen LogP contribution in [0.15, 0.2) is 24.3 Å². The second-order valence-corrected chi connectivity index (χ2v) is 4.20. The smallest absolute Gasteiger partial charge is 0.0928 e. The third-order valence-electron chi connectivity index (χ3n) is 2.69. The van der Waals surface area contributed by atoms with Crippen LogP contribution >= 0.6 is 0 Å². The summed E-state index contributed by atoms with van der Waals surface area (Å²) in [6, 6.07) is 8.36. The highest BCUT2D eigenvalue weighted by atomic mass is 16.5. The maximum Gasteiger partial charge on any atom is 0.0928 e. The van der Waals surface area contributed by atoms with Crippen LogP contribution in [0.5, 0.6) is 0 Å². The Hall–Kier alpha value is -0.940. The normalized spacial score (nSPS) is 12.6. The van der Waals surface area contributed by atoms with Crippen LogP contribution in [0.1, 0.15) is 11.1 Å². The van der Waals surface area contributed by atoms with Gasteiger partial charge in [-0.2, -0.15) is 0 Å². The maximum atomic E-state index is 5.28. The van der Waals surface area contributed by atoms with Gasteiger partial charge in [0.15, 0.2) is 0 Å². The van der Waals surface area contributed by atoms with Gasteiger partial charge >= 0.3 is 0 Å². The molecular formula is C14H23NO3. The van der Waals surface area contributed by atoms with Crippen LogP contribution in [0, 0.1) is 0 Å². The van der Waals surface area contributed by atoms with Crippen LogP contribution in [-0.4, -0.2) is 40.6 Å². The largest absolute Gasteiger partial charge is 0.382 e. The lowest BCUT2D eigenvalue weighted by molar-refractivity contribution is 0.0288. The number of nitrogens with one attached hydrogen (secondary N) is 1. The predicted molar refractivity (Wildman–Crippen MR) is 71.5 cm³/mol. The van der Waals surface area contributed by atoms with Crippen molar-refractivity contribution in [2.45, 2.75) is 19.3 Å². The molecule has 0 aliphatic heterocycles. The summed E-state index contributed by atoms with van der Waals surface area (Å²) in [4.78, 5) is 0. The Kier molecular flexibility index (Phi) is 7.60. The Morgan fingerprint density at radius 3 is 2.56 bits per heavy atom. The first-order valence-corrected chi connectivity index (χ1v) is 6.09. The maximum absolute atomic E-state index is 5.28. The van der Waals surface area contributed by atoms with Crippen molar-refractivity contribution in [3.63, 3.8) is 0 Å². The highest BCUT2D eigenvalue weighted by Gasteiger charge is 2.05. The summed E-state index contributed by atoms with van der Waals surface area (Å²) in [5.74, 6) is 0. The van der Waals surface area contributed by atoms with E-state index in [0.717, 1.165) is 13.1 Å². The third-order valence-corrected chi connectivity index (χ3v) is 2.69. The molecule has 1 aromatic rings. The first-order chi connectivity index (χ1) is 8.80. The third kappa shape index (κ3) is 5.60. The molecule has 0 amide bonds. The van der Waals surface area contributed by atoms with E-state index in [1.807, 2.05) is 6.07 Å². The van der Waals surface area contributed by atoms with Crippen LogP contribution in [-0.2, 0) is 27.4 Å². The van der Waals surface area contributed by atoms with Crippen molar-refractivity contribution in [3.05, 3.63) is 35.4 Å². The van der Waals surface area contributed by atoms with Crippen molar-refractivity contribution in [1.82, 2.24) is 5.32 Å². The minimum Gasteiger partial charge on any atom is -0.382 e. The predicted octanol–water partition coefficient (Wildman–Crippen LogP) is 1.58. The van der Waals surface area contributed by atoms with E-state index in [0.29, 0.717) is 13.2 Å². The molecule has 0 bridgehead atoms. The van der Waals surface area contributed by atoms with Crippen molar-refractivity contribution >= 4 is 0 Å². The van der Waals surface area contributed by atoms with Gasteiger partial charge in [0.1, 0.15) is 0 Å². The summed E-state index contributed by atoms with van der Waals surface area (Å²) in [5.41, 5.74) is 2.44. The van der Waals surface area contributed by atoms with Gasteiger partial charge in [0.25, 0.3) is 0 Å². The lowest BCUT2D eigenvalue weighted by Gasteiger charge is -2.15. The summed E-state index contributed by atoms with van der Waals surface area (Å²) in [6.07, 6.45) is 0.0946. The molecule has 1 atom stereocenters. The minimum absolute atomic E-state index is 0.0946. The zero-order valence-corrected chi connectivity index (χ0v) is 11.4. The Bertz CT molecular complexity index is 331. The number of methoxy groups -OCH3 is 3. The van der Waals surface area contributed by atoms with E-state index in [4.69, 9.17) is 14.2 Å². The Morgan fingerprint density at radius 1 is 1.11 bits per heavy atom. The fourth-order valence-electron chi connectivity index (χ4n) is 1.77. The lowest BCUT2D eigenvalue weighted by Crippen LogP contribution is -2.31. The fourth-order valence-corrected chi connectivity index (χ4v) is 1.77. The Morgan fingerprint density at radius 2 is 1.89 bits per heavy atom. The molecule has 0 aromatic heterocycles. The average Bonchev–Trinajstić information content (AvgIpc) is 2.38. The summed E-state index contributed by atoms with van der Waals surface area (Å²) >= 11 is 0. The quantitative estimate of drug-likeness (QED) is 0.725. The second-order valence-electron chi connectivity index (χ2n) is 4.20. The molecule has 1 aromatic carbocycles. The van der Waals surface area contributed by atoms with Gasteiger partial charge in [-0.3, -0.25) is 0 Å². The Labute approximate surface area is 109 Å². The van der Waals surface area contributed by atoms with Crippen molar-refractivity contribution in [2.24, 2.45) is 0 Å². The fraction of sp³-hybridized carbons (Fsp3) is 0.571. The van der Waals surface area contributed by atoms with E-state index in [1.54, 1.807) is 21.3 Å². The number of hydrogen-bond acceptors (Lipinski definition) is 4. The van der Waals surface area contributed by atoms with E-state index >= 15 is 0 Å². The minimum atomic E-state index is 0.0946. The van der Waals surface area contributed by atoms with Gasteiger partial charge in [-0.15, -0.1) is 0 Å². The van der Waals surface area contributed by atoms with E-state index in [1.165, 1.54) is 11.1 Å². The summed E-state index contributed by atoms with van der Waals surface area (Å²) < 4.78 is 15.5. The van der Waals surface area contributed by atoms with Crippen LogP contribution in [0.25, 0.3) is 0 Å². The highest BCUT2D eigenvalue weighted by molar-refractivity contribution is 5.22. The second kappa shape index (κ2) is 9.05. The molecule has 0 fully saturated rings. The molecule has 4 nitrogen and oxygen atoms in total. The molecule has 0 aliphatic rings. The molecular weight excluding hydrogens is 230 g/mol. The average molecular weight is 253 g/mol. The number of ether oxygens (including phenoxy) is 3. The molecule has 0 saturated carbocycles. The monoisotopic (exact) mass is 253 g/mol. The molecule has 0 radical (unpaired) electrons. The molecule has 0 spiro atoms. The first-order valence-electron chi connectivity index (χ1n) is 6.09. The van der Waals surface area contributed by atoms with Crippen molar-refractivity contribution in [2.75, 3.05) is 34.5 Å². The van der Waals surface area contributed by atoms with E-state index in [-0.39, 0.29) is 6.10 Å². The summed E-state index contributed by atoms with van der Waals surface area (Å²) in [6.45, 7) is 2.85. The van der Waals surface area contributed by atoms with Gasteiger partial charge in [-0.05, 0) is 11.1 Å². The van der Waals surface area contributed by atoms with Crippen LogP contribution in [0.4, 0.5) is 0 Å². The zero-order valence-electron chi connectivity index (χ0n) is 11.4. The summed E-state index contributed by atoms with van der Waals surface area (Å²) in [7, 11) is 5.09. The van der Waals surface area contributed by atoms with Gasteiger partial charge in [0, 0.05) is 34.4 Å².